The third kappa shape index (κ3) is 4.50. The van der Waals surface area contributed by atoms with Crippen LogP contribution in [0.5, 0.6) is 0 Å². The number of benzene rings is 3. The molecule has 2 heterocycles. The summed E-state index contributed by atoms with van der Waals surface area (Å²) in [6, 6.07) is 20.1. The van der Waals surface area contributed by atoms with Crippen molar-refractivity contribution in [2.24, 2.45) is 0 Å². The number of aryl methyl sites for hydroxylation is 1. The lowest BCUT2D eigenvalue weighted by Crippen LogP contribution is -2.40. The van der Waals surface area contributed by atoms with Crippen LogP contribution in [0.3, 0.4) is 0 Å². The van der Waals surface area contributed by atoms with E-state index in [0.717, 1.165) is 16.7 Å². The summed E-state index contributed by atoms with van der Waals surface area (Å²) < 4.78 is 10.7. The largest absolute Gasteiger partial charge is 0.378 e. The summed E-state index contributed by atoms with van der Waals surface area (Å²) in [6.07, 6.45) is 0. The third-order valence-electron chi connectivity index (χ3n) is 6.05. The Bertz CT molecular complexity index is 1460. The van der Waals surface area contributed by atoms with Crippen LogP contribution in [0.15, 0.2) is 65.2 Å². The molecular formula is C27H22N4O4. The van der Waals surface area contributed by atoms with Gasteiger partial charge in [0.15, 0.2) is 11.3 Å². The summed E-state index contributed by atoms with van der Waals surface area (Å²) in [5.41, 5.74) is 4.96. The van der Waals surface area contributed by atoms with Crippen molar-refractivity contribution in [3.8, 4) is 17.2 Å². The molecule has 1 saturated heterocycles. The zero-order valence-corrected chi connectivity index (χ0v) is 19.1. The van der Waals surface area contributed by atoms with Gasteiger partial charge in [0.2, 0.25) is 0 Å². The third-order valence-corrected chi connectivity index (χ3v) is 6.05. The molecule has 0 saturated carbocycles. The molecule has 1 aliphatic rings. The number of ether oxygens (including phenoxy) is 1. The van der Waals surface area contributed by atoms with E-state index in [4.69, 9.17) is 14.5 Å². The van der Waals surface area contributed by atoms with Crippen molar-refractivity contribution >= 4 is 28.5 Å². The van der Waals surface area contributed by atoms with Gasteiger partial charge in [-0.15, -0.1) is 0 Å². The second-order valence-corrected chi connectivity index (χ2v) is 8.32. The molecule has 3 aromatic carbocycles. The number of hydrogen-bond acceptors (Lipinski definition) is 6. The SMILES string of the molecule is Cc1cc(C#N)ccc1NC(=O)c1noc2ccc(-c3ccc(C(=O)N4CCOCC4)cc3)cc12. The Morgan fingerprint density at radius 1 is 1.00 bits per heavy atom. The minimum atomic E-state index is -0.403. The average molecular weight is 466 g/mol. The minimum Gasteiger partial charge on any atom is -0.378 e. The minimum absolute atomic E-state index is 0.00797. The molecule has 1 N–H and O–H groups in total. The number of morpholine rings is 1. The van der Waals surface area contributed by atoms with Gasteiger partial charge in [0.05, 0.1) is 30.2 Å². The molecule has 5 rings (SSSR count). The fourth-order valence-corrected chi connectivity index (χ4v) is 4.09. The van der Waals surface area contributed by atoms with E-state index in [9.17, 15) is 9.59 Å². The monoisotopic (exact) mass is 466 g/mol. The number of hydrogen-bond donors (Lipinski definition) is 1. The Kier molecular flexibility index (Phi) is 6.00. The van der Waals surface area contributed by atoms with Crippen LogP contribution in [-0.2, 0) is 4.74 Å². The van der Waals surface area contributed by atoms with Gasteiger partial charge in [-0.3, -0.25) is 9.59 Å². The fraction of sp³-hybridized carbons (Fsp3) is 0.185. The summed E-state index contributed by atoms with van der Waals surface area (Å²) in [7, 11) is 0. The molecule has 0 bridgehead atoms. The Morgan fingerprint density at radius 2 is 1.74 bits per heavy atom. The van der Waals surface area contributed by atoms with Crippen molar-refractivity contribution in [3.63, 3.8) is 0 Å². The maximum absolute atomic E-state index is 13.0. The lowest BCUT2D eigenvalue weighted by Gasteiger charge is -2.26. The molecule has 2 amide bonds. The van der Waals surface area contributed by atoms with Gasteiger partial charge in [0.25, 0.3) is 11.8 Å². The van der Waals surface area contributed by atoms with E-state index in [-0.39, 0.29) is 11.6 Å². The quantitative estimate of drug-likeness (QED) is 0.478. The van der Waals surface area contributed by atoms with Crippen LogP contribution in [0.25, 0.3) is 22.1 Å². The van der Waals surface area contributed by atoms with Crippen LogP contribution in [-0.4, -0.2) is 48.2 Å². The highest BCUT2D eigenvalue weighted by atomic mass is 16.5. The van der Waals surface area contributed by atoms with Crippen molar-refractivity contribution < 1.29 is 18.8 Å². The maximum atomic E-state index is 13.0. The predicted octanol–water partition coefficient (Wildman–Crippen LogP) is 4.40. The van der Waals surface area contributed by atoms with Gasteiger partial charge in [-0.2, -0.15) is 5.26 Å². The van der Waals surface area contributed by atoms with E-state index in [1.54, 1.807) is 29.2 Å². The van der Waals surface area contributed by atoms with E-state index in [2.05, 4.69) is 16.5 Å². The van der Waals surface area contributed by atoms with E-state index in [0.29, 0.717) is 54.1 Å². The zero-order valence-electron chi connectivity index (χ0n) is 19.1. The first-order valence-electron chi connectivity index (χ1n) is 11.2. The van der Waals surface area contributed by atoms with Crippen LogP contribution >= 0.6 is 0 Å². The smallest absolute Gasteiger partial charge is 0.278 e. The number of anilines is 1. The van der Waals surface area contributed by atoms with Gasteiger partial charge in [0, 0.05) is 24.3 Å². The van der Waals surface area contributed by atoms with Crippen molar-refractivity contribution in [1.29, 1.82) is 5.26 Å². The molecule has 0 spiro atoms. The summed E-state index contributed by atoms with van der Waals surface area (Å²) in [4.78, 5) is 27.5. The first-order valence-corrected chi connectivity index (χ1v) is 11.2. The number of nitrogens with one attached hydrogen (secondary N) is 1. The normalized spacial score (nSPS) is 13.4. The summed E-state index contributed by atoms with van der Waals surface area (Å²) in [6.45, 7) is 4.13. The van der Waals surface area contributed by atoms with E-state index in [1.807, 2.05) is 43.3 Å². The molecule has 1 fully saturated rings. The summed E-state index contributed by atoms with van der Waals surface area (Å²) in [5, 5.41) is 16.4. The summed E-state index contributed by atoms with van der Waals surface area (Å²) >= 11 is 0. The number of aromatic nitrogens is 1. The standard InChI is InChI=1S/C27H22N4O4/c1-17-14-18(16-28)2-8-23(17)29-26(32)25-22-15-21(7-9-24(22)35-30-25)19-3-5-20(6-4-19)27(33)31-10-12-34-13-11-31/h2-9,14-15H,10-13H2,1H3,(H,29,32). The summed E-state index contributed by atoms with van der Waals surface area (Å²) in [5.74, 6) is -0.411. The molecule has 8 heteroatoms. The molecular weight excluding hydrogens is 444 g/mol. The van der Waals surface area contributed by atoms with Gasteiger partial charge in [0.1, 0.15) is 0 Å². The average Bonchev–Trinajstić information content (AvgIpc) is 3.33. The molecule has 174 valence electrons. The van der Waals surface area contributed by atoms with Gasteiger partial charge in [-0.1, -0.05) is 23.4 Å². The first kappa shape index (κ1) is 22.3. The number of carbonyl (C=O) groups excluding carboxylic acids is 2. The highest BCUT2D eigenvalue weighted by molar-refractivity contribution is 6.11. The Balaban J connectivity index is 1.38. The Morgan fingerprint density at radius 3 is 2.46 bits per heavy atom. The second-order valence-electron chi connectivity index (χ2n) is 8.32. The van der Waals surface area contributed by atoms with Crippen LogP contribution in [0.2, 0.25) is 0 Å². The predicted molar refractivity (Wildman–Crippen MR) is 130 cm³/mol. The van der Waals surface area contributed by atoms with Crippen LogP contribution in [0, 0.1) is 18.3 Å². The first-order chi connectivity index (χ1) is 17.0. The topological polar surface area (TPSA) is 108 Å². The van der Waals surface area contributed by atoms with Gasteiger partial charge < -0.3 is 19.5 Å². The molecule has 0 atom stereocenters. The van der Waals surface area contributed by atoms with Crippen LogP contribution < -0.4 is 5.32 Å². The Hall–Kier alpha value is -4.48. The molecule has 35 heavy (non-hydrogen) atoms. The molecule has 0 aliphatic carbocycles. The lowest BCUT2D eigenvalue weighted by molar-refractivity contribution is 0.0303. The molecule has 4 aromatic rings. The fourth-order valence-electron chi connectivity index (χ4n) is 4.09. The number of rotatable bonds is 4. The molecule has 1 aromatic heterocycles. The van der Waals surface area contributed by atoms with Crippen molar-refractivity contribution in [1.82, 2.24) is 10.1 Å². The zero-order chi connectivity index (χ0) is 24.4. The second kappa shape index (κ2) is 9.41. The number of amides is 2. The van der Waals surface area contributed by atoms with Crippen molar-refractivity contribution in [3.05, 3.63) is 83.0 Å². The van der Waals surface area contributed by atoms with Gasteiger partial charge in [-0.25, -0.2) is 0 Å². The Labute approximate surface area is 201 Å². The highest BCUT2D eigenvalue weighted by Gasteiger charge is 2.20. The van der Waals surface area contributed by atoms with Gasteiger partial charge in [-0.05, 0) is 66.1 Å². The number of nitriles is 1. The van der Waals surface area contributed by atoms with Crippen molar-refractivity contribution in [2.45, 2.75) is 6.92 Å². The van der Waals surface area contributed by atoms with E-state index < -0.39 is 5.91 Å². The number of fused-ring (bicyclic) bond motifs is 1. The highest BCUT2D eigenvalue weighted by Crippen LogP contribution is 2.28. The molecule has 8 nitrogen and oxygen atoms in total. The molecule has 0 radical (unpaired) electrons. The van der Waals surface area contributed by atoms with Crippen molar-refractivity contribution in [2.75, 3.05) is 31.6 Å². The molecule has 1 aliphatic heterocycles. The van der Waals surface area contributed by atoms with E-state index >= 15 is 0 Å². The number of nitrogens with zero attached hydrogens (tertiary/aromatic N) is 3. The maximum Gasteiger partial charge on any atom is 0.278 e. The van der Waals surface area contributed by atoms with Crippen LogP contribution in [0.4, 0.5) is 5.69 Å². The molecule has 0 unspecified atom stereocenters. The van der Waals surface area contributed by atoms with Gasteiger partial charge >= 0.3 is 0 Å². The number of carbonyl (C=O) groups is 2. The van der Waals surface area contributed by atoms with Crippen LogP contribution in [0.1, 0.15) is 32.0 Å². The lowest BCUT2D eigenvalue weighted by atomic mass is 10.0. The van der Waals surface area contributed by atoms with E-state index in [1.165, 1.54) is 0 Å².